The van der Waals surface area contributed by atoms with Crippen molar-refractivity contribution in [2.75, 3.05) is 26.7 Å². The second kappa shape index (κ2) is 8.37. The molecule has 0 unspecified atom stereocenters. The third-order valence-corrected chi connectivity index (χ3v) is 4.93. The van der Waals surface area contributed by atoms with Crippen LogP contribution >= 0.6 is 15.9 Å². The molecular weight excluding hydrogens is 356 g/mol. The Bertz CT molecular complexity index is 589. The first-order chi connectivity index (χ1) is 11.0. The van der Waals surface area contributed by atoms with Gasteiger partial charge in [-0.1, -0.05) is 12.0 Å². The van der Waals surface area contributed by atoms with Crippen LogP contribution < -0.4 is 10.1 Å². The maximum absolute atomic E-state index is 12.4. The highest BCUT2D eigenvalue weighted by Gasteiger charge is 2.25. The second-order valence-electron chi connectivity index (χ2n) is 5.88. The fraction of sp³-hybridized carbons (Fsp3) is 0.500. The zero-order valence-corrected chi connectivity index (χ0v) is 15.2. The standard InChI is InChI=1S/C18H23BrN2O2/c1-4-9-21-10-7-14(8-11-21)18(22)20-13(2)15-5-6-17(23-3)16(19)12-15/h1,5-6,12-14H,7-11H2,2-3H3,(H,20,22)/t13-/m0/s1. The first kappa shape index (κ1) is 17.8. The molecule has 124 valence electrons. The summed E-state index contributed by atoms with van der Waals surface area (Å²) < 4.78 is 6.12. The highest BCUT2D eigenvalue weighted by molar-refractivity contribution is 9.10. The monoisotopic (exact) mass is 378 g/mol. The highest BCUT2D eigenvalue weighted by Crippen LogP contribution is 2.28. The molecule has 1 aliphatic heterocycles. The summed E-state index contributed by atoms with van der Waals surface area (Å²) in [6, 6.07) is 5.83. The Morgan fingerprint density at radius 3 is 2.78 bits per heavy atom. The number of carbonyl (C=O) groups is 1. The molecule has 23 heavy (non-hydrogen) atoms. The molecule has 1 aromatic rings. The molecule has 2 rings (SSSR count). The number of likely N-dealkylation sites (tertiary alicyclic amines) is 1. The summed E-state index contributed by atoms with van der Waals surface area (Å²) in [5.74, 6) is 3.65. The molecule has 1 heterocycles. The van der Waals surface area contributed by atoms with Gasteiger partial charge < -0.3 is 10.1 Å². The zero-order valence-electron chi connectivity index (χ0n) is 13.6. The van der Waals surface area contributed by atoms with E-state index < -0.39 is 0 Å². The number of rotatable bonds is 5. The van der Waals surface area contributed by atoms with E-state index in [1.165, 1.54) is 0 Å². The lowest BCUT2D eigenvalue weighted by molar-refractivity contribution is -0.127. The SMILES string of the molecule is C#CCN1CCC(C(=O)N[C@@H](C)c2ccc(OC)c(Br)c2)CC1. The molecule has 0 aromatic heterocycles. The molecule has 1 N–H and O–H groups in total. The lowest BCUT2D eigenvalue weighted by Crippen LogP contribution is -2.41. The third-order valence-electron chi connectivity index (χ3n) is 4.31. The van der Waals surface area contributed by atoms with Crippen LogP contribution in [0.25, 0.3) is 0 Å². The van der Waals surface area contributed by atoms with Crippen LogP contribution in [-0.2, 0) is 4.79 Å². The van der Waals surface area contributed by atoms with Crippen molar-refractivity contribution < 1.29 is 9.53 Å². The molecular formula is C18H23BrN2O2. The number of amides is 1. The predicted octanol–water partition coefficient (Wildman–Crippen LogP) is 2.98. The summed E-state index contributed by atoms with van der Waals surface area (Å²) in [6.45, 7) is 4.46. The van der Waals surface area contributed by atoms with Crippen LogP contribution in [-0.4, -0.2) is 37.6 Å². The largest absolute Gasteiger partial charge is 0.496 e. The van der Waals surface area contributed by atoms with Crippen molar-refractivity contribution in [3.8, 4) is 18.1 Å². The number of methoxy groups -OCH3 is 1. The van der Waals surface area contributed by atoms with E-state index in [4.69, 9.17) is 11.2 Å². The number of halogens is 1. The maximum atomic E-state index is 12.4. The van der Waals surface area contributed by atoms with E-state index in [1.807, 2.05) is 25.1 Å². The van der Waals surface area contributed by atoms with Crippen LogP contribution in [0.1, 0.15) is 31.4 Å². The van der Waals surface area contributed by atoms with Crippen molar-refractivity contribution in [2.45, 2.75) is 25.8 Å². The zero-order chi connectivity index (χ0) is 16.8. The van der Waals surface area contributed by atoms with Gasteiger partial charge in [-0.3, -0.25) is 9.69 Å². The van der Waals surface area contributed by atoms with Gasteiger partial charge >= 0.3 is 0 Å². The second-order valence-corrected chi connectivity index (χ2v) is 6.73. The Morgan fingerprint density at radius 2 is 2.22 bits per heavy atom. The summed E-state index contributed by atoms with van der Waals surface area (Å²) in [5, 5.41) is 3.12. The number of benzene rings is 1. The van der Waals surface area contributed by atoms with Crippen LogP contribution in [0, 0.1) is 18.3 Å². The molecule has 1 atom stereocenters. The van der Waals surface area contributed by atoms with Crippen molar-refractivity contribution in [1.29, 1.82) is 0 Å². The maximum Gasteiger partial charge on any atom is 0.223 e. The van der Waals surface area contributed by atoms with Gasteiger partial charge in [-0.2, -0.15) is 0 Å². The number of nitrogens with one attached hydrogen (secondary N) is 1. The molecule has 4 nitrogen and oxygen atoms in total. The van der Waals surface area contributed by atoms with Gasteiger partial charge in [-0.25, -0.2) is 0 Å². The molecule has 1 aliphatic rings. The highest BCUT2D eigenvalue weighted by atomic mass is 79.9. The van der Waals surface area contributed by atoms with Crippen molar-refractivity contribution in [3.63, 3.8) is 0 Å². The molecule has 1 amide bonds. The smallest absolute Gasteiger partial charge is 0.223 e. The number of piperidine rings is 1. The number of nitrogens with zero attached hydrogens (tertiary/aromatic N) is 1. The quantitative estimate of drug-likeness (QED) is 0.800. The van der Waals surface area contributed by atoms with Crippen LogP contribution in [0.4, 0.5) is 0 Å². The lowest BCUT2D eigenvalue weighted by Gasteiger charge is -2.30. The molecule has 0 radical (unpaired) electrons. The van der Waals surface area contributed by atoms with Crippen molar-refractivity contribution in [2.24, 2.45) is 5.92 Å². The van der Waals surface area contributed by atoms with Crippen molar-refractivity contribution in [1.82, 2.24) is 10.2 Å². The average Bonchev–Trinajstić information content (AvgIpc) is 2.55. The summed E-state index contributed by atoms with van der Waals surface area (Å²) in [5.41, 5.74) is 1.05. The Morgan fingerprint density at radius 1 is 1.52 bits per heavy atom. The molecule has 1 fully saturated rings. The van der Waals surface area contributed by atoms with E-state index in [1.54, 1.807) is 7.11 Å². The van der Waals surface area contributed by atoms with Gasteiger partial charge in [0.2, 0.25) is 5.91 Å². The molecule has 0 spiro atoms. The van der Waals surface area contributed by atoms with E-state index in [0.717, 1.165) is 41.7 Å². The van der Waals surface area contributed by atoms with Crippen LogP contribution in [0.5, 0.6) is 5.75 Å². The number of carbonyl (C=O) groups excluding carboxylic acids is 1. The van der Waals surface area contributed by atoms with E-state index >= 15 is 0 Å². The van der Waals surface area contributed by atoms with E-state index in [-0.39, 0.29) is 17.9 Å². The normalized spacial score (nSPS) is 17.3. The Kier molecular flexibility index (Phi) is 6.49. The molecule has 0 aliphatic carbocycles. The van der Waals surface area contributed by atoms with Gasteiger partial charge in [0.25, 0.3) is 0 Å². The minimum absolute atomic E-state index is 0.0338. The Labute approximate surface area is 146 Å². The number of ether oxygens (including phenoxy) is 1. The van der Waals surface area contributed by atoms with Gasteiger partial charge in [0.15, 0.2) is 0 Å². The number of hydrogen-bond acceptors (Lipinski definition) is 3. The summed E-state index contributed by atoms with van der Waals surface area (Å²) in [6.07, 6.45) is 7.07. The van der Waals surface area contributed by atoms with Crippen LogP contribution in [0.2, 0.25) is 0 Å². The minimum atomic E-state index is -0.0338. The van der Waals surface area contributed by atoms with Gasteiger partial charge in [-0.05, 0) is 66.5 Å². The minimum Gasteiger partial charge on any atom is -0.496 e. The summed E-state index contributed by atoms with van der Waals surface area (Å²) in [7, 11) is 1.64. The number of terminal acetylenes is 1. The molecule has 1 aromatic carbocycles. The first-order valence-corrected chi connectivity index (χ1v) is 8.64. The van der Waals surface area contributed by atoms with Crippen molar-refractivity contribution >= 4 is 21.8 Å². The number of hydrogen-bond donors (Lipinski definition) is 1. The summed E-state index contributed by atoms with van der Waals surface area (Å²) in [4.78, 5) is 14.7. The van der Waals surface area contributed by atoms with Crippen LogP contribution in [0.3, 0.4) is 0 Å². The summed E-state index contributed by atoms with van der Waals surface area (Å²) >= 11 is 3.48. The molecule has 0 saturated carbocycles. The van der Waals surface area contributed by atoms with Crippen molar-refractivity contribution in [3.05, 3.63) is 28.2 Å². The predicted molar refractivity (Wildman–Crippen MR) is 95.2 cm³/mol. The molecule has 1 saturated heterocycles. The van der Waals surface area contributed by atoms with E-state index in [9.17, 15) is 4.79 Å². The first-order valence-electron chi connectivity index (χ1n) is 7.84. The van der Waals surface area contributed by atoms with E-state index in [0.29, 0.717) is 6.54 Å². The molecule has 5 heteroatoms. The fourth-order valence-electron chi connectivity index (χ4n) is 2.85. The van der Waals surface area contributed by atoms with Gasteiger partial charge in [-0.15, -0.1) is 6.42 Å². The molecule has 0 bridgehead atoms. The Hall–Kier alpha value is -1.51. The van der Waals surface area contributed by atoms with Gasteiger partial charge in [0.1, 0.15) is 5.75 Å². The Balaban J connectivity index is 1.90. The third kappa shape index (κ3) is 4.73. The van der Waals surface area contributed by atoms with Gasteiger partial charge in [0, 0.05) is 5.92 Å². The topological polar surface area (TPSA) is 41.6 Å². The van der Waals surface area contributed by atoms with Gasteiger partial charge in [0.05, 0.1) is 24.2 Å². The van der Waals surface area contributed by atoms with Crippen LogP contribution in [0.15, 0.2) is 22.7 Å². The van der Waals surface area contributed by atoms with E-state index in [2.05, 4.69) is 32.1 Å². The fourth-order valence-corrected chi connectivity index (χ4v) is 3.41. The lowest BCUT2D eigenvalue weighted by atomic mass is 9.95. The average molecular weight is 379 g/mol.